The van der Waals surface area contributed by atoms with Gasteiger partial charge in [-0.15, -0.1) is 0 Å². The Balaban J connectivity index is 1.59. The molecule has 1 aliphatic rings. The normalized spacial score (nSPS) is 15.9. The molecule has 3 amide bonds. The van der Waals surface area contributed by atoms with Crippen LogP contribution >= 0.6 is 0 Å². The summed E-state index contributed by atoms with van der Waals surface area (Å²) in [6.45, 7) is 7.69. The lowest BCUT2D eigenvalue weighted by molar-refractivity contribution is -0.121. The predicted octanol–water partition coefficient (Wildman–Crippen LogP) is 1.33. The zero-order valence-corrected chi connectivity index (χ0v) is 18.9. The highest BCUT2D eigenvalue weighted by atomic mass is 32.2. The van der Waals surface area contributed by atoms with E-state index in [-0.39, 0.29) is 30.4 Å². The average Bonchev–Trinajstić information content (AvgIpc) is 2.72. The number of carbonyl (C=O) groups excluding carboxylic acids is 2. The molecule has 10 heteroatoms. The number of pyridine rings is 1. The van der Waals surface area contributed by atoms with Crippen molar-refractivity contribution in [2.45, 2.75) is 25.7 Å². The minimum Gasteiger partial charge on any atom is -0.338 e. The molecule has 31 heavy (non-hydrogen) atoms. The molecule has 2 aromatic rings. The van der Waals surface area contributed by atoms with Crippen LogP contribution in [0.25, 0.3) is 10.9 Å². The van der Waals surface area contributed by atoms with Crippen molar-refractivity contribution in [3.05, 3.63) is 36.0 Å². The summed E-state index contributed by atoms with van der Waals surface area (Å²) in [5, 5.41) is 5.72. The number of benzene rings is 1. The van der Waals surface area contributed by atoms with E-state index in [1.54, 1.807) is 18.3 Å². The van der Waals surface area contributed by atoms with Crippen molar-refractivity contribution in [1.82, 2.24) is 24.8 Å². The molecule has 0 spiro atoms. The number of para-hydroxylation sites is 1. The number of carbonyl (C=O) groups is 2. The van der Waals surface area contributed by atoms with Crippen LogP contribution in [0.3, 0.4) is 0 Å². The Hall–Kier alpha value is -2.56. The van der Waals surface area contributed by atoms with Crippen molar-refractivity contribution in [2.24, 2.45) is 5.92 Å². The highest BCUT2D eigenvalue weighted by Crippen LogP contribution is 2.25. The second kappa shape index (κ2) is 9.71. The third kappa shape index (κ3) is 5.78. The summed E-state index contributed by atoms with van der Waals surface area (Å²) in [4.78, 5) is 30.2. The van der Waals surface area contributed by atoms with E-state index in [1.165, 1.54) is 4.31 Å². The second-order valence-electron chi connectivity index (χ2n) is 8.17. The number of imide groups is 1. The molecule has 168 valence electrons. The third-order valence-electron chi connectivity index (χ3n) is 5.05. The molecule has 1 aliphatic heterocycles. The Morgan fingerprint density at radius 3 is 2.55 bits per heavy atom. The fourth-order valence-electron chi connectivity index (χ4n) is 3.43. The minimum absolute atomic E-state index is 0.0398. The standard InChI is InChI=1S/C21H29N5O4S/c1-15(2)12-23-21(28)24-19(27)14-25-7-9-26(10-8-25)31(29,30)18-6-4-5-17-11-16(3)13-22-20(17)18/h4-6,11,13,15H,7-10,12,14H2,1-3H3,(H2,23,24,27,28). The summed E-state index contributed by atoms with van der Waals surface area (Å²) < 4.78 is 27.9. The van der Waals surface area contributed by atoms with Crippen LogP contribution in [0.4, 0.5) is 4.79 Å². The lowest BCUT2D eigenvalue weighted by Gasteiger charge is -2.33. The summed E-state index contributed by atoms with van der Waals surface area (Å²) in [6, 6.07) is 6.55. The molecule has 0 unspecified atom stereocenters. The van der Waals surface area contributed by atoms with E-state index in [2.05, 4.69) is 15.6 Å². The van der Waals surface area contributed by atoms with Gasteiger partial charge in [0.15, 0.2) is 0 Å². The van der Waals surface area contributed by atoms with Gasteiger partial charge in [-0.05, 0) is 30.5 Å². The first-order chi connectivity index (χ1) is 14.7. The molecule has 2 heterocycles. The van der Waals surface area contributed by atoms with Gasteiger partial charge in [0.2, 0.25) is 15.9 Å². The fourth-order valence-corrected chi connectivity index (χ4v) is 5.02. The number of nitrogens with zero attached hydrogens (tertiary/aromatic N) is 3. The van der Waals surface area contributed by atoms with Crippen molar-refractivity contribution in [3.8, 4) is 0 Å². The third-order valence-corrected chi connectivity index (χ3v) is 6.98. The molecule has 0 radical (unpaired) electrons. The van der Waals surface area contributed by atoms with Crippen LogP contribution < -0.4 is 10.6 Å². The first-order valence-corrected chi connectivity index (χ1v) is 11.8. The van der Waals surface area contributed by atoms with Gasteiger partial charge in [0.05, 0.1) is 12.1 Å². The number of aryl methyl sites for hydroxylation is 1. The predicted molar refractivity (Wildman–Crippen MR) is 118 cm³/mol. The van der Waals surface area contributed by atoms with Crippen LogP contribution in [0.2, 0.25) is 0 Å². The van der Waals surface area contributed by atoms with Crippen molar-refractivity contribution in [1.29, 1.82) is 0 Å². The quantitative estimate of drug-likeness (QED) is 0.691. The van der Waals surface area contributed by atoms with Crippen molar-refractivity contribution >= 4 is 32.9 Å². The van der Waals surface area contributed by atoms with Crippen LogP contribution in [-0.2, 0) is 14.8 Å². The largest absolute Gasteiger partial charge is 0.338 e. The van der Waals surface area contributed by atoms with E-state index in [9.17, 15) is 18.0 Å². The van der Waals surface area contributed by atoms with Crippen LogP contribution in [0, 0.1) is 12.8 Å². The Morgan fingerprint density at radius 1 is 1.16 bits per heavy atom. The maximum Gasteiger partial charge on any atom is 0.321 e. The lowest BCUT2D eigenvalue weighted by Crippen LogP contribution is -2.52. The average molecular weight is 448 g/mol. The molecule has 1 aromatic carbocycles. The van der Waals surface area contributed by atoms with Gasteiger partial charge in [-0.2, -0.15) is 4.31 Å². The highest BCUT2D eigenvalue weighted by molar-refractivity contribution is 7.89. The van der Waals surface area contributed by atoms with Gasteiger partial charge >= 0.3 is 6.03 Å². The summed E-state index contributed by atoms with van der Waals surface area (Å²) in [5.74, 6) is -0.122. The van der Waals surface area contributed by atoms with Gasteiger partial charge in [0.1, 0.15) is 4.90 Å². The van der Waals surface area contributed by atoms with Gasteiger partial charge in [-0.1, -0.05) is 26.0 Å². The van der Waals surface area contributed by atoms with Gasteiger partial charge in [0.25, 0.3) is 0 Å². The second-order valence-corrected chi connectivity index (χ2v) is 10.1. The zero-order valence-electron chi connectivity index (χ0n) is 18.1. The first-order valence-electron chi connectivity index (χ1n) is 10.3. The molecule has 1 aromatic heterocycles. The molecule has 3 rings (SSSR count). The zero-order chi connectivity index (χ0) is 22.6. The summed E-state index contributed by atoms with van der Waals surface area (Å²) in [5.41, 5.74) is 1.43. The Bertz CT molecular complexity index is 1060. The number of fused-ring (bicyclic) bond motifs is 1. The topological polar surface area (TPSA) is 112 Å². The SMILES string of the molecule is Cc1cnc2c(S(=O)(=O)N3CCN(CC(=O)NC(=O)NCC(C)C)CC3)cccc2c1. The van der Waals surface area contributed by atoms with E-state index < -0.39 is 22.0 Å². The number of hydrogen-bond acceptors (Lipinski definition) is 6. The van der Waals surface area contributed by atoms with E-state index in [0.717, 1.165) is 10.9 Å². The smallest absolute Gasteiger partial charge is 0.321 e. The monoisotopic (exact) mass is 447 g/mol. The summed E-state index contributed by atoms with van der Waals surface area (Å²) in [6.07, 6.45) is 1.66. The maximum atomic E-state index is 13.2. The van der Waals surface area contributed by atoms with Gasteiger partial charge in [-0.25, -0.2) is 13.2 Å². The Morgan fingerprint density at radius 2 is 1.87 bits per heavy atom. The number of amides is 3. The lowest BCUT2D eigenvalue weighted by atomic mass is 10.2. The van der Waals surface area contributed by atoms with Crippen LogP contribution in [0.5, 0.6) is 0 Å². The molecule has 1 fully saturated rings. The van der Waals surface area contributed by atoms with E-state index in [4.69, 9.17) is 0 Å². The van der Waals surface area contributed by atoms with Crippen LogP contribution in [0.1, 0.15) is 19.4 Å². The van der Waals surface area contributed by atoms with Crippen LogP contribution in [-0.4, -0.2) is 73.8 Å². The number of urea groups is 1. The van der Waals surface area contributed by atoms with Crippen LogP contribution in [0.15, 0.2) is 35.4 Å². The number of nitrogens with one attached hydrogen (secondary N) is 2. The number of piperazine rings is 1. The number of aromatic nitrogens is 1. The molecule has 2 N–H and O–H groups in total. The molecule has 0 aliphatic carbocycles. The maximum absolute atomic E-state index is 13.2. The number of rotatable bonds is 6. The van der Waals surface area contributed by atoms with Crippen molar-refractivity contribution in [3.63, 3.8) is 0 Å². The van der Waals surface area contributed by atoms with E-state index in [0.29, 0.717) is 25.2 Å². The van der Waals surface area contributed by atoms with Crippen molar-refractivity contribution < 1.29 is 18.0 Å². The molecule has 0 saturated carbocycles. The molecule has 0 bridgehead atoms. The highest BCUT2D eigenvalue weighted by Gasteiger charge is 2.30. The van der Waals surface area contributed by atoms with Gasteiger partial charge in [-0.3, -0.25) is 20.0 Å². The van der Waals surface area contributed by atoms with E-state index in [1.807, 2.05) is 37.8 Å². The molecular formula is C21H29N5O4S. The molecule has 9 nitrogen and oxygen atoms in total. The molecular weight excluding hydrogens is 418 g/mol. The Labute approximate surface area is 182 Å². The summed E-state index contributed by atoms with van der Waals surface area (Å²) in [7, 11) is -3.71. The number of hydrogen-bond donors (Lipinski definition) is 2. The van der Waals surface area contributed by atoms with Gasteiger partial charge < -0.3 is 5.32 Å². The van der Waals surface area contributed by atoms with Gasteiger partial charge in [0, 0.05) is 44.3 Å². The Kier molecular flexibility index (Phi) is 7.24. The molecule has 1 saturated heterocycles. The summed E-state index contributed by atoms with van der Waals surface area (Å²) >= 11 is 0. The van der Waals surface area contributed by atoms with Crippen molar-refractivity contribution in [2.75, 3.05) is 39.3 Å². The number of sulfonamides is 1. The molecule has 0 atom stereocenters. The fraction of sp³-hybridized carbons (Fsp3) is 0.476. The van der Waals surface area contributed by atoms with E-state index >= 15 is 0 Å². The minimum atomic E-state index is -3.71. The first kappa shape index (κ1) is 23.1.